The van der Waals surface area contributed by atoms with E-state index in [2.05, 4.69) is 35.0 Å². The van der Waals surface area contributed by atoms with Crippen LogP contribution in [0.4, 0.5) is 5.82 Å². The third-order valence-corrected chi connectivity index (χ3v) is 5.59. The number of benzene rings is 1. The summed E-state index contributed by atoms with van der Waals surface area (Å²) in [4.78, 5) is 17.1. The van der Waals surface area contributed by atoms with E-state index in [1.807, 2.05) is 46.0 Å². The molecule has 1 aliphatic rings. The average molecular weight is 421 g/mol. The van der Waals surface area contributed by atoms with Crippen LogP contribution in [-0.4, -0.2) is 64.1 Å². The Kier molecular flexibility index (Phi) is 6.16. The molecule has 3 heterocycles. The van der Waals surface area contributed by atoms with E-state index in [4.69, 9.17) is 9.84 Å². The van der Waals surface area contributed by atoms with Crippen LogP contribution < -0.4 is 9.64 Å². The number of nitrogens with zero attached hydrogens (tertiary/aromatic N) is 6. The lowest BCUT2D eigenvalue weighted by atomic mass is 10.1. The third kappa shape index (κ3) is 4.68. The van der Waals surface area contributed by atoms with Crippen molar-refractivity contribution >= 4 is 11.7 Å². The predicted octanol–water partition coefficient (Wildman–Crippen LogP) is 2.82. The average Bonchev–Trinajstić information content (AvgIpc) is 3.24. The Balaban J connectivity index is 1.44. The van der Waals surface area contributed by atoms with Crippen molar-refractivity contribution in [2.75, 3.05) is 38.2 Å². The Bertz CT molecular complexity index is 1010. The summed E-state index contributed by atoms with van der Waals surface area (Å²) >= 11 is 0. The molecule has 1 aliphatic heterocycles. The number of rotatable bonds is 6. The normalized spacial score (nSPS) is 14.2. The first kappa shape index (κ1) is 20.8. The summed E-state index contributed by atoms with van der Waals surface area (Å²) in [6.07, 6.45) is 1.67. The van der Waals surface area contributed by atoms with E-state index in [9.17, 15) is 4.79 Å². The molecule has 3 aromatic rings. The van der Waals surface area contributed by atoms with Gasteiger partial charge in [-0.25, -0.2) is 0 Å². The van der Waals surface area contributed by atoms with Crippen molar-refractivity contribution in [3.05, 3.63) is 54.4 Å². The van der Waals surface area contributed by atoms with Crippen LogP contribution in [0.2, 0.25) is 0 Å². The number of ether oxygens (including phenoxy) is 1. The van der Waals surface area contributed by atoms with Gasteiger partial charge in [-0.15, -0.1) is 5.10 Å². The second-order valence-electron chi connectivity index (χ2n) is 7.94. The van der Waals surface area contributed by atoms with Gasteiger partial charge in [-0.05, 0) is 48.4 Å². The van der Waals surface area contributed by atoms with E-state index >= 15 is 0 Å². The van der Waals surface area contributed by atoms with Gasteiger partial charge in [0.05, 0.1) is 12.8 Å². The molecule has 4 rings (SSSR count). The Morgan fingerprint density at radius 3 is 2.45 bits per heavy atom. The molecule has 0 bridgehead atoms. The monoisotopic (exact) mass is 420 g/mol. The highest BCUT2D eigenvalue weighted by Gasteiger charge is 2.24. The molecule has 0 atom stereocenters. The molecule has 1 fully saturated rings. The molecule has 2 aromatic heterocycles. The van der Waals surface area contributed by atoms with E-state index in [0.29, 0.717) is 13.1 Å². The number of anilines is 1. The maximum atomic E-state index is 13.0. The molecule has 1 amide bonds. The minimum absolute atomic E-state index is 0.0880. The fraction of sp³-hybridized carbons (Fsp3) is 0.391. The van der Waals surface area contributed by atoms with Gasteiger partial charge in [-0.1, -0.05) is 13.8 Å². The Morgan fingerprint density at radius 1 is 1.10 bits per heavy atom. The number of hydrogen-bond acceptors (Lipinski definition) is 6. The van der Waals surface area contributed by atoms with E-state index in [1.54, 1.807) is 13.3 Å². The van der Waals surface area contributed by atoms with Crippen LogP contribution in [0.3, 0.4) is 0 Å². The molecule has 0 N–H and O–H groups in total. The van der Waals surface area contributed by atoms with E-state index in [-0.39, 0.29) is 18.4 Å². The molecule has 0 radical (unpaired) electrons. The minimum atomic E-state index is 0.0880. The standard InChI is InChI=1S/C23H28N6O2/c1-17(2)21-15-20(18-6-8-19(31-3)9-7-18)26-29(21)16-23(30)28-13-11-27(12-14-28)22-5-4-10-24-25-22/h4-10,15,17H,11-14,16H2,1-3H3. The second-order valence-corrected chi connectivity index (χ2v) is 7.94. The quantitative estimate of drug-likeness (QED) is 0.610. The zero-order valence-corrected chi connectivity index (χ0v) is 18.2. The van der Waals surface area contributed by atoms with Gasteiger partial charge < -0.3 is 14.5 Å². The summed E-state index contributed by atoms with van der Waals surface area (Å²) in [5.41, 5.74) is 2.93. The molecule has 0 aliphatic carbocycles. The first-order valence-corrected chi connectivity index (χ1v) is 10.6. The maximum Gasteiger partial charge on any atom is 0.244 e. The number of hydrogen-bond donors (Lipinski definition) is 0. The van der Waals surface area contributed by atoms with Crippen LogP contribution in [0.25, 0.3) is 11.3 Å². The number of aromatic nitrogens is 4. The Labute approximate surface area is 182 Å². The number of methoxy groups -OCH3 is 1. The van der Waals surface area contributed by atoms with Crippen molar-refractivity contribution in [1.29, 1.82) is 0 Å². The van der Waals surface area contributed by atoms with Crippen molar-refractivity contribution in [1.82, 2.24) is 24.9 Å². The summed E-state index contributed by atoms with van der Waals surface area (Å²) in [6, 6.07) is 13.7. The molecule has 0 spiro atoms. The van der Waals surface area contributed by atoms with Crippen molar-refractivity contribution in [2.24, 2.45) is 0 Å². The van der Waals surface area contributed by atoms with E-state index < -0.39 is 0 Å². The second kappa shape index (κ2) is 9.16. The molecule has 31 heavy (non-hydrogen) atoms. The van der Waals surface area contributed by atoms with Gasteiger partial charge in [0.1, 0.15) is 12.3 Å². The van der Waals surface area contributed by atoms with Crippen molar-refractivity contribution < 1.29 is 9.53 Å². The molecular weight excluding hydrogens is 392 g/mol. The maximum absolute atomic E-state index is 13.0. The van der Waals surface area contributed by atoms with Crippen LogP contribution in [0.15, 0.2) is 48.7 Å². The zero-order valence-electron chi connectivity index (χ0n) is 18.2. The zero-order chi connectivity index (χ0) is 21.8. The first-order valence-electron chi connectivity index (χ1n) is 10.6. The summed E-state index contributed by atoms with van der Waals surface area (Å²) in [7, 11) is 1.65. The van der Waals surface area contributed by atoms with Gasteiger partial charge in [-0.3, -0.25) is 9.48 Å². The molecule has 1 saturated heterocycles. The van der Waals surface area contributed by atoms with Gasteiger partial charge in [0.2, 0.25) is 5.91 Å². The lowest BCUT2D eigenvalue weighted by Gasteiger charge is -2.35. The van der Waals surface area contributed by atoms with Crippen LogP contribution >= 0.6 is 0 Å². The van der Waals surface area contributed by atoms with Gasteiger partial charge in [0, 0.05) is 43.6 Å². The molecule has 162 valence electrons. The van der Waals surface area contributed by atoms with Gasteiger partial charge >= 0.3 is 0 Å². The summed E-state index contributed by atoms with van der Waals surface area (Å²) in [5, 5.41) is 12.9. The fourth-order valence-corrected chi connectivity index (χ4v) is 3.80. The largest absolute Gasteiger partial charge is 0.497 e. The van der Waals surface area contributed by atoms with Gasteiger partial charge in [-0.2, -0.15) is 10.2 Å². The van der Waals surface area contributed by atoms with Crippen molar-refractivity contribution in [3.8, 4) is 17.0 Å². The topological polar surface area (TPSA) is 76.4 Å². The number of carbonyl (C=O) groups excluding carboxylic acids is 1. The van der Waals surface area contributed by atoms with Crippen molar-refractivity contribution in [2.45, 2.75) is 26.3 Å². The van der Waals surface area contributed by atoms with Crippen LogP contribution in [0.5, 0.6) is 5.75 Å². The highest BCUT2D eigenvalue weighted by Crippen LogP contribution is 2.25. The van der Waals surface area contributed by atoms with E-state index in [0.717, 1.165) is 41.6 Å². The number of piperazine rings is 1. The lowest BCUT2D eigenvalue weighted by Crippen LogP contribution is -2.50. The number of carbonyl (C=O) groups is 1. The van der Waals surface area contributed by atoms with Crippen LogP contribution in [0.1, 0.15) is 25.5 Å². The first-order chi connectivity index (χ1) is 15.0. The minimum Gasteiger partial charge on any atom is -0.497 e. The highest BCUT2D eigenvalue weighted by molar-refractivity contribution is 5.76. The number of amides is 1. The Morgan fingerprint density at radius 2 is 1.84 bits per heavy atom. The Hall–Kier alpha value is -3.42. The molecule has 0 saturated carbocycles. The summed E-state index contributed by atoms with van der Waals surface area (Å²) in [6.45, 7) is 7.31. The molecular formula is C23H28N6O2. The van der Waals surface area contributed by atoms with E-state index in [1.165, 1.54) is 0 Å². The van der Waals surface area contributed by atoms with Gasteiger partial charge in [0.25, 0.3) is 0 Å². The predicted molar refractivity (Wildman–Crippen MR) is 119 cm³/mol. The SMILES string of the molecule is COc1ccc(-c2cc(C(C)C)n(CC(=O)N3CCN(c4cccnn4)CC3)n2)cc1. The smallest absolute Gasteiger partial charge is 0.244 e. The molecule has 8 heteroatoms. The molecule has 1 aromatic carbocycles. The van der Waals surface area contributed by atoms with Gasteiger partial charge in [0.15, 0.2) is 5.82 Å². The molecule has 0 unspecified atom stereocenters. The third-order valence-electron chi connectivity index (χ3n) is 5.59. The van der Waals surface area contributed by atoms with Crippen LogP contribution in [-0.2, 0) is 11.3 Å². The fourth-order valence-electron chi connectivity index (χ4n) is 3.80. The highest BCUT2D eigenvalue weighted by atomic mass is 16.5. The summed E-state index contributed by atoms with van der Waals surface area (Å²) < 4.78 is 7.09. The summed E-state index contributed by atoms with van der Waals surface area (Å²) in [5.74, 6) is 2.02. The van der Waals surface area contributed by atoms with Crippen LogP contribution in [0, 0.1) is 0 Å². The lowest BCUT2D eigenvalue weighted by molar-refractivity contribution is -0.132. The molecule has 8 nitrogen and oxygen atoms in total. The van der Waals surface area contributed by atoms with Crippen molar-refractivity contribution in [3.63, 3.8) is 0 Å².